The standard InChI is InChI=1S/C22H25ClN2O3/c1-16(18-6-5-7-19(23)14-18)24-22(27)17-10-12-25(13-11-17)21(26)15-28-20-8-3-2-4-9-20/h2-9,14,16-17H,10-13,15H2,1H3,(H,24,27)/t16-/m0/s1. The highest BCUT2D eigenvalue weighted by Crippen LogP contribution is 2.21. The summed E-state index contributed by atoms with van der Waals surface area (Å²) < 4.78 is 5.53. The first-order valence-corrected chi connectivity index (χ1v) is 9.92. The maximum atomic E-state index is 12.6. The minimum absolute atomic E-state index is 0.0205. The average molecular weight is 401 g/mol. The number of ether oxygens (including phenoxy) is 1. The molecule has 0 saturated carbocycles. The molecule has 1 fully saturated rings. The van der Waals surface area contributed by atoms with Gasteiger partial charge in [0.25, 0.3) is 5.91 Å². The van der Waals surface area contributed by atoms with Crippen molar-refractivity contribution in [2.45, 2.75) is 25.8 Å². The Balaban J connectivity index is 1.44. The largest absolute Gasteiger partial charge is 0.484 e. The van der Waals surface area contributed by atoms with E-state index in [2.05, 4.69) is 5.32 Å². The molecule has 1 atom stereocenters. The number of carbonyl (C=O) groups is 2. The quantitative estimate of drug-likeness (QED) is 0.801. The summed E-state index contributed by atoms with van der Waals surface area (Å²) in [7, 11) is 0. The molecule has 0 radical (unpaired) electrons. The van der Waals surface area contributed by atoms with Crippen LogP contribution >= 0.6 is 11.6 Å². The van der Waals surface area contributed by atoms with Gasteiger partial charge in [-0.15, -0.1) is 0 Å². The molecule has 1 saturated heterocycles. The number of rotatable bonds is 6. The van der Waals surface area contributed by atoms with E-state index in [-0.39, 0.29) is 30.4 Å². The number of benzene rings is 2. The number of carbonyl (C=O) groups excluding carboxylic acids is 2. The molecule has 2 aromatic carbocycles. The van der Waals surface area contributed by atoms with Crippen molar-refractivity contribution in [3.63, 3.8) is 0 Å². The molecule has 2 aromatic rings. The van der Waals surface area contributed by atoms with Gasteiger partial charge in [0, 0.05) is 24.0 Å². The van der Waals surface area contributed by atoms with Gasteiger partial charge in [0.15, 0.2) is 6.61 Å². The van der Waals surface area contributed by atoms with Crippen molar-refractivity contribution < 1.29 is 14.3 Å². The summed E-state index contributed by atoms with van der Waals surface area (Å²) >= 11 is 6.02. The third kappa shape index (κ3) is 5.49. The molecule has 28 heavy (non-hydrogen) atoms. The number of hydrogen-bond donors (Lipinski definition) is 1. The number of nitrogens with zero attached hydrogens (tertiary/aromatic N) is 1. The lowest BCUT2D eigenvalue weighted by Gasteiger charge is -2.32. The number of amides is 2. The first-order chi connectivity index (χ1) is 13.5. The second-order valence-corrected chi connectivity index (χ2v) is 7.48. The molecule has 0 aliphatic carbocycles. The Hall–Kier alpha value is -2.53. The van der Waals surface area contributed by atoms with Crippen LogP contribution in [0.3, 0.4) is 0 Å². The van der Waals surface area contributed by atoms with Crippen molar-refractivity contribution in [3.8, 4) is 5.75 Å². The van der Waals surface area contributed by atoms with E-state index in [1.54, 1.807) is 4.90 Å². The van der Waals surface area contributed by atoms with Gasteiger partial charge >= 0.3 is 0 Å². The van der Waals surface area contributed by atoms with Crippen molar-refractivity contribution in [1.29, 1.82) is 0 Å². The molecule has 1 N–H and O–H groups in total. The van der Waals surface area contributed by atoms with Crippen LogP contribution in [0.25, 0.3) is 0 Å². The lowest BCUT2D eigenvalue weighted by atomic mass is 9.95. The minimum atomic E-state index is -0.106. The van der Waals surface area contributed by atoms with E-state index in [0.29, 0.717) is 36.7 Å². The van der Waals surface area contributed by atoms with Gasteiger partial charge in [0.05, 0.1) is 6.04 Å². The molecule has 1 aliphatic rings. The van der Waals surface area contributed by atoms with Crippen LogP contribution in [0, 0.1) is 5.92 Å². The Morgan fingerprint density at radius 1 is 1.14 bits per heavy atom. The number of piperidine rings is 1. The maximum Gasteiger partial charge on any atom is 0.260 e. The predicted octanol–water partition coefficient (Wildman–Crippen LogP) is 3.83. The van der Waals surface area contributed by atoms with E-state index in [9.17, 15) is 9.59 Å². The van der Waals surface area contributed by atoms with Crippen LogP contribution in [0.15, 0.2) is 54.6 Å². The van der Waals surface area contributed by atoms with Crippen LogP contribution < -0.4 is 10.1 Å². The molecule has 0 spiro atoms. The highest BCUT2D eigenvalue weighted by molar-refractivity contribution is 6.30. The summed E-state index contributed by atoms with van der Waals surface area (Å²) in [6.45, 7) is 3.11. The first kappa shape index (κ1) is 20.2. The fourth-order valence-electron chi connectivity index (χ4n) is 3.33. The van der Waals surface area contributed by atoms with E-state index in [1.165, 1.54) is 0 Å². The number of nitrogens with one attached hydrogen (secondary N) is 1. The predicted molar refractivity (Wildman–Crippen MR) is 109 cm³/mol. The molecule has 2 amide bonds. The van der Waals surface area contributed by atoms with Crippen molar-refractivity contribution in [1.82, 2.24) is 10.2 Å². The van der Waals surface area contributed by atoms with Gasteiger partial charge in [-0.25, -0.2) is 0 Å². The van der Waals surface area contributed by atoms with Crippen molar-refractivity contribution in [2.75, 3.05) is 19.7 Å². The van der Waals surface area contributed by atoms with Gasteiger partial charge < -0.3 is 15.0 Å². The van der Waals surface area contributed by atoms with E-state index in [4.69, 9.17) is 16.3 Å². The van der Waals surface area contributed by atoms with Gasteiger partial charge in [-0.3, -0.25) is 9.59 Å². The van der Waals surface area contributed by atoms with Crippen LogP contribution in [0.5, 0.6) is 5.75 Å². The number of hydrogen-bond acceptors (Lipinski definition) is 3. The highest BCUT2D eigenvalue weighted by atomic mass is 35.5. The van der Waals surface area contributed by atoms with Crippen LogP contribution in [-0.4, -0.2) is 36.4 Å². The lowest BCUT2D eigenvalue weighted by molar-refractivity contribution is -0.137. The maximum absolute atomic E-state index is 12.6. The molecule has 1 heterocycles. The smallest absolute Gasteiger partial charge is 0.260 e. The van der Waals surface area contributed by atoms with Gasteiger partial charge in [0.1, 0.15) is 5.75 Å². The average Bonchev–Trinajstić information content (AvgIpc) is 2.73. The normalized spacial score (nSPS) is 15.7. The summed E-state index contributed by atoms with van der Waals surface area (Å²) in [5, 5.41) is 3.71. The summed E-state index contributed by atoms with van der Waals surface area (Å²) in [6, 6.07) is 16.7. The Morgan fingerprint density at radius 3 is 2.54 bits per heavy atom. The molecule has 5 nitrogen and oxygen atoms in total. The van der Waals surface area contributed by atoms with Crippen molar-refractivity contribution in [2.24, 2.45) is 5.92 Å². The van der Waals surface area contributed by atoms with Crippen molar-refractivity contribution >= 4 is 23.4 Å². The second-order valence-electron chi connectivity index (χ2n) is 7.04. The molecule has 148 valence electrons. The SMILES string of the molecule is C[C@H](NC(=O)C1CCN(C(=O)COc2ccccc2)CC1)c1cccc(Cl)c1. The highest BCUT2D eigenvalue weighted by Gasteiger charge is 2.28. The van der Waals surface area contributed by atoms with Gasteiger partial charge in [0.2, 0.25) is 5.91 Å². The van der Waals surface area contributed by atoms with Gasteiger partial charge in [-0.1, -0.05) is 41.9 Å². The van der Waals surface area contributed by atoms with Crippen LogP contribution in [0.2, 0.25) is 5.02 Å². The zero-order valence-electron chi connectivity index (χ0n) is 15.9. The Kier molecular flexibility index (Phi) is 6.93. The topological polar surface area (TPSA) is 58.6 Å². The fourth-order valence-corrected chi connectivity index (χ4v) is 3.53. The summed E-state index contributed by atoms with van der Waals surface area (Å²) in [5.41, 5.74) is 0.978. The molecule has 0 unspecified atom stereocenters. The van der Waals surface area contributed by atoms with Gasteiger partial charge in [-0.2, -0.15) is 0 Å². The molecular formula is C22H25ClN2O3. The number of para-hydroxylation sites is 1. The Morgan fingerprint density at radius 2 is 1.86 bits per heavy atom. The lowest BCUT2D eigenvalue weighted by Crippen LogP contribution is -2.44. The van der Waals surface area contributed by atoms with Crippen LogP contribution in [0.1, 0.15) is 31.4 Å². The van der Waals surface area contributed by atoms with Crippen molar-refractivity contribution in [3.05, 3.63) is 65.2 Å². The molecule has 1 aliphatic heterocycles. The second kappa shape index (κ2) is 9.60. The number of likely N-dealkylation sites (tertiary alicyclic amines) is 1. The fraction of sp³-hybridized carbons (Fsp3) is 0.364. The van der Waals surface area contributed by atoms with E-state index >= 15 is 0 Å². The third-order valence-corrected chi connectivity index (χ3v) is 5.27. The monoisotopic (exact) mass is 400 g/mol. The summed E-state index contributed by atoms with van der Waals surface area (Å²) in [6.07, 6.45) is 1.32. The van der Waals surface area contributed by atoms with Gasteiger partial charge in [-0.05, 0) is 49.6 Å². The molecule has 0 aromatic heterocycles. The third-order valence-electron chi connectivity index (χ3n) is 5.03. The zero-order valence-corrected chi connectivity index (χ0v) is 16.7. The summed E-state index contributed by atoms with van der Waals surface area (Å²) in [4.78, 5) is 26.7. The molecule has 6 heteroatoms. The minimum Gasteiger partial charge on any atom is -0.484 e. The summed E-state index contributed by atoms with van der Waals surface area (Å²) in [5.74, 6) is 0.580. The Labute approximate surface area is 170 Å². The molecular weight excluding hydrogens is 376 g/mol. The Bertz CT molecular complexity index is 804. The first-order valence-electron chi connectivity index (χ1n) is 9.54. The van der Waals surface area contributed by atoms with E-state index < -0.39 is 0 Å². The molecule has 3 rings (SSSR count). The van der Waals surface area contributed by atoms with E-state index in [1.807, 2.05) is 61.5 Å². The van der Waals surface area contributed by atoms with Crippen LogP contribution in [0.4, 0.5) is 0 Å². The zero-order chi connectivity index (χ0) is 19.9. The molecule has 0 bridgehead atoms. The van der Waals surface area contributed by atoms with E-state index in [0.717, 1.165) is 5.56 Å². The number of halogens is 1. The van der Waals surface area contributed by atoms with Crippen LogP contribution in [-0.2, 0) is 9.59 Å².